The van der Waals surface area contributed by atoms with E-state index in [-0.39, 0.29) is 5.78 Å². The number of alkyl halides is 1. The predicted molar refractivity (Wildman–Crippen MR) is 85.9 cm³/mol. The van der Waals surface area contributed by atoms with Crippen molar-refractivity contribution in [3.8, 4) is 0 Å². The highest BCUT2D eigenvalue weighted by atomic mass is 35.5. The van der Waals surface area contributed by atoms with Crippen LogP contribution in [0.1, 0.15) is 16.1 Å². The Kier molecular flexibility index (Phi) is 3.98. The minimum Gasteiger partial charge on any atom is -0.291 e. The number of hydrogen-bond acceptors (Lipinski definition) is 2. The van der Waals surface area contributed by atoms with E-state index in [9.17, 15) is 4.79 Å². The van der Waals surface area contributed by atoms with E-state index in [0.717, 1.165) is 16.3 Å². The average molecular weight is 296 g/mol. The number of hydrogen-bond donors (Lipinski definition) is 0. The van der Waals surface area contributed by atoms with Crippen LogP contribution in [0.25, 0.3) is 10.8 Å². The summed E-state index contributed by atoms with van der Waals surface area (Å²) in [4.78, 5) is 16.4. The van der Waals surface area contributed by atoms with E-state index in [1.54, 1.807) is 24.4 Å². The fraction of sp³-hybridized carbons (Fsp3) is 0.111. The standard InChI is InChI=1S/C18H14ClNO/c19-16(18(21)17-10-3-4-11-20-17)12-14-8-5-7-13-6-1-2-9-15(13)14/h1-11,16H,12H2. The number of benzene rings is 2. The molecule has 0 saturated heterocycles. The number of carbonyl (C=O) groups is 1. The summed E-state index contributed by atoms with van der Waals surface area (Å²) in [5, 5.41) is 1.69. The molecule has 0 fully saturated rings. The number of halogens is 1. The molecule has 0 bridgehead atoms. The van der Waals surface area contributed by atoms with Crippen molar-refractivity contribution < 1.29 is 4.79 Å². The van der Waals surface area contributed by atoms with Gasteiger partial charge in [0.05, 0.1) is 0 Å². The largest absolute Gasteiger partial charge is 0.291 e. The van der Waals surface area contributed by atoms with Gasteiger partial charge in [0.15, 0.2) is 5.78 Å². The molecule has 0 N–H and O–H groups in total. The van der Waals surface area contributed by atoms with Crippen LogP contribution in [0.5, 0.6) is 0 Å². The number of fused-ring (bicyclic) bond motifs is 1. The molecule has 3 rings (SSSR count). The van der Waals surface area contributed by atoms with Crippen LogP contribution in [-0.2, 0) is 6.42 Å². The zero-order chi connectivity index (χ0) is 14.7. The average Bonchev–Trinajstić information content (AvgIpc) is 2.55. The molecule has 21 heavy (non-hydrogen) atoms. The Labute approximate surface area is 128 Å². The Balaban J connectivity index is 1.87. The zero-order valence-electron chi connectivity index (χ0n) is 11.4. The van der Waals surface area contributed by atoms with Gasteiger partial charge in [0.1, 0.15) is 11.1 Å². The lowest BCUT2D eigenvalue weighted by molar-refractivity contribution is 0.0982. The first-order valence-electron chi connectivity index (χ1n) is 6.81. The molecule has 0 amide bonds. The van der Waals surface area contributed by atoms with Crippen molar-refractivity contribution in [3.63, 3.8) is 0 Å². The number of carbonyl (C=O) groups excluding carboxylic acids is 1. The van der Waals surface area contributed by atoms with Gasteiger partial charge in [-0.05, 0) is 34.9 Å². The number of aromatic nitrogens is 1. The molecule has 1 atom stereocenters. The molecule has 1 unspecified atom stereocenters. The Bertz CT molecular complexity index is 765. The summed E-state index contributed by atoms with van der Waals surface area (Å²) in [5.41, 5.74) is 1.50. The third kappa shape index (κ3) is 2.96. The molecule has 0 aliphatic heterocycles. The van der Waals surface area contributed by atoms with Gasteiger partial charge in [-0.25, -0.2) is 0 Å². The lowest BCUT2D eigenvalue weighted by Crippen LogP contribution is -2.18. The van der Waals surface area contributed by atoms with Gasteiger partial charge in [-0.15, -0.1) is 11.6 Å². The minimum atomic E-state index is -0.606. The van der Waals surface area contributed by atoms with Crippen LogP contribution < -0.4 is 0 Å². The Morgan fingerprint density at radius 2 is 1.76 bits per heavy atom. The highest BCUT2D eigenvalue weighted by molar-refractivity contribution is 6.33. The summed E-state index contributed by atoms with van der Waals surface area (Å²) in [5.74, 6) is -0.134. The topological polar surface area (TPSA) is 30.0 Å². The van der Waals surface area contributed by atoms with Gasteiger partial charge in [-0.3, -0.25) is 9.78 Å². The van der Waals surface area contributed by atoms with E-state index in [4.69, 9.17) is 11.6 Å². The van der Waals surface area contributed by atoms with Gasteiger partial charge in [0.2, 0.25) is 0 Å². The molecule has 0 aliphatic rings. The van der Waals surface area contributed by atoms with Crippen LogP contribution in [0, 0.1) is 0 Å². The third-order valence-corrected chi connectivity index (χ3v) is 3.83. The molecule has 1 aromatic heterocycles. The maximum atomic E-state index is 12.3. The summed E-state index contributed by atoms with van der Waals surface area (Å²) in [7, 11) is 0. The molecule has 0 aliphatic carbocycles. The second-order valence-corrected chi connectivity index (χ2v) is 5.42. The van der Waals surface area contributed by atoms with E-state index in [1.807, 2.05) is 24.3 Å². The maximum absolute atomic E-state index is 12.3. The van der Waals surface area contributed by atoms with Gasteiger partial charge < -0.3 is 0 Å². The zero-order valence-corrected chi connectivity index (χ0v) is 12.1. The second-order valence-electron chi connectivity index (χ2n) is 4.89. The summed E-state index contributed by atoms with van der Waals surface area (Å²) >= 11 is 6.31. The Hall–Kier alpha value is -2.19. The van der Waals surface area contributed by atoms with Crippen molar-refractivity contribution >= 4 is 28.2 Å². The Morgan fingerprint density at radius 1 is 1.00 bits per heavy atom. The van der Waals surface area contributed by atoms with Crippen molar-refractivity contribution in [2.24, 2.45) is 0 Å². The lowest BCUT2D eigenvalue weighted by atomic mass is 9.99. The van der Waals surface area contributed by atoms with Crippen LogP contribution >= 0.6 is 11.6 Å². The molecule has 3 heteroatoms. The number of pyridine rings is 1. The highest BCUT2D eigenvalue weighted by Gasteiger charge is 2.19. The van der Waals surface area contributed by atoms with Gasteiger partial charge in [-0.2, -0.15) is 0 Å². The summed E-state index contributed by atoms with van der Waals surface area (Å²) in [6.45, 7) is 0. The van der Waals surface area contributed by atoms with E-state index in [2.05, 4.69) is 23.2 Å². The van der Waals surface area contributed by atoms with Gasteiger partial charge in [-0.1, -0.05) is 48.5 Å². The van der Waals surface area contributed by atoms with E-state index in [1.165, 1.54) is 0 Å². The SMILES string of the molecule is O=C(c1ccccn1)C(Cl)Cc1cccc2ccccc12. The van der Waals surface area contributed by atoms with Gasteiger partial charge in [0, 0.05) is 6.20 Å². The molecular weight excluding hydrogens is 282 g/mol. The van der Waals surface area contributed by atoms with Crippen molar-refractivity contribution in [2.45, 2.75) is 11.8 Å². The first-order chi connectivity index (χ1) is 10.3. The molecule has 0 spiro atoms. The van der Waals surface area contributed by atoms with Crippen molar-refractivity contribution in [1.82, 2.24) is 4.98 Å². The second kappa shape index (κ2) is 6.06. The number of ketones is 1. The molecule has 0 saturated carbocycles. The minimum absolute atomic E-state index is 0.134. The monoisotopic (exact) mass is 295 g/mol. The van der Waals surface area contributed by atoms with Crippen molar-refractivity contribution in [2.75, 3.05) is 0 Å². The van der Waals surface area contributed by atoms with E-state index >= 15 is 0 Å². The molecular formula is C18H14ClNO. The van der Waals surface area contributed by atoms with Crippen LogP contribution in [0.15, 0.2) is 66.9 Å². The normalized spacial score (nSPS) is 12.2. The van der Waals surface area contributed by atoms with E-state index in [0.29, 0.717) is 12.1 Å². The molecule has 3 aromatic rings. The fourth-order valence-corrected chi connectivity index (χ4v) is 2.70. The van der Waals surface area contributed by atoms with Crippen LogP contribution in [-0.4, -0.2) is 16.1 Å². The number of nitrogens with zero attached hydrogens (tertiary/aromatic N) is 1. The first-order valence-corrected chi connectivity index (χ1v) is 7.25. The van der Waals surface area contributed by atoms with Crippen molar-refractivity contribution in [3.05, 3.63) is 78.1 Å². The summed E-state index contributed by atoms with van der Waals surface area (Å²) in [6.07, 6.45) is 2.10. The summed E-state index contributed by atoms with van der Waals surface area (Å²) in [6, 6.07) is 19.5. The quantitative estimate of drug-likeness (QED) is 0.531. The van der Waals surface area contributed by atoms with E-state index < -0.39 is 5.38 Å². The van der Waals surface area contributed by atoms with Crippen LogP contribution in [0.3, 0.4) is 0 Å². The molecule has 0 radical (unpaired) electrons. The van der Waals surface area contributed by atoms with Gasteiger partial charge >= 0.3 is 0 Å². The Morgan fingerprint density at radius 3 is 2.57 bits per heavy atom. The van der Waals surface area contributed by atoms with Crippen LogP contribution in [0.2, 0.25) is 0 Å². The van der Waals surface area contributed by atoms with Gasteiger partial charge in [0.25, 0.3) is 0 Å². The number of rotatable bonds is 4. The third-order valence-electron chi connectivity index (χ3n) is 3.48. The first kappa shape index (κ1) is 13.8. The molecule has 1 heterocycles. The summed E-state index contributed by atoms with van der Waals surface area (Å²) < 4.78 is 0. The fourth-order valence-electron chi connectivity index (χ4n) is 2.43. The molecule has 2 nitrogen and oxygen atoms in total. The molecule has 2 aromatic carbocycles. The number of Topliss-reactive ketones (excluding diaryl/α,β-unsaturated/α-hetero) is 1. The highest BCUT2D eigenvalue weighted by Crippen LogP contribution is 2.22. The van der Waals surface area contributed by atoms with Crippen molar-refractivity contribution in [1.29, 1.82) is 0 Å². The molecule has 104 valence electrons. The maximum Gasteiger partial charge on any atom is 0.199 e. The smallest absolute Gasteiger partial charge is 0.199 e. The van der Waals surface area contributed by atoms with Crippen LogP contribution in [0.4, 0.5) is 0 Å². The lowest BCUT2D eigenvalue weighted by Gasteiger charge is -2.10. The predicted octanol–water partition coefficient (Wildman–Crippen LogP) is 4.27.